The van der Waals surface area contributed by atoms with Crippen molar-refractivity contribution in [3.63, 3.8) is 0 Å². The van der Waals surface area contributed by atoms with Crippen molar-refractivity contribution in [3.05, 3.63) is 78.6 Å². The molecule has 2 aromatic carbocycles. The number of ether oxygens (including phenoxy) is 2. The van der Waals surface area contributed by atoms with Crippen LogP contribution in [0.1, 0.15) is 10.4 Å². The molecule has 0 saturated heterocycles. The first-order chi connectivity index (χ1) is 14.2. The van der Waals surface area contributed by atoms with E-state index in [1.807, 2.05) is 30.3 Å². The number of benzene rings is 2. The van der Waals surface area contributed by atoms with Crippen LogP contribution in [0.5, 0.6) is 11.5 Å². The van der Waals surface area contributed by atoms with Gasteiger partial charge in [0.1, 0.15) is 18.1 Å². The molecule has 2 amide bonds. The van der Waals surface area contributed by atoms with Crippen molar-refractivity contribution in [2.75, 3.05) is 30.0 Å². The molecule has 1 aromatic heterocycles. The van der Waals surface area contributed by atoms with Gasteiger partial charge in [-0.05, 0) is 42.5 Å². The van der Waals surface area contributed by atoms with E-state index in [0.29, 0.717) is 35.8 Å². The Morgan fingerprint density at radius 3 is 2.79 bits per heavy atom. The molecule has 0 atom stereocenters. The molecule has 146 valence electrons. The standard InChI is InChI=1S/C22H19N3O4/c26-21-15-29-20-9-8-17(24-22(27)16-5-4-10-23-14-16)13-19(20)25(21)11-12-28-18-6-2-1-3-7-18/h1-10,13-14H,11-12,15H2,(H,24,27). The number of nitrogens with zero attached hydrogens (tertiary/aromatic N) is 2. The second-order valence-corrected chi connectivity index (χ2v) is 6.37. The maximum Gasteiger partial charge on any atom is 0.265 e. The number of hydrogen-bond acceptors (Lipinski definition) is 5. The number of hydrogen-bond donors (Lipinski definition) is 1. The molecule has 7 heteroatoms. The number of para-hydroxylation sites is 1. The molecule has 1 aliphatic rings. The zero-order valence-corrected chi connectivity index (χ0v) is 15.6. The molecule has 1 aliphatic heterocycles. The SMILES string of the molecule is O=C(Nc1ccc2c(c1)N(CCOc1ccccc1)C(=O)CO2)c1cccnc1. The van der Waals surface area contributed by atoms with Crippen LogP contribution >= 0.6 is 0 Å². The summed E-state index contributed by atoms with van der Waals surface area (Å²) in [5.41, 5.74) is 1.61. The fourth-order valence-corrected chi connectivity index (χ4v) is 3.00. The molecular formula is C22H19N3O4. The number of nitrogens with one attached hydrogen (secondary N) is 1. The maximum atomic E-state index is 12.4. The molecule has 1 N–H and O–H groups in total. The quantitative estimate of drug-likeness (QED) is 0.701. The van der Waals surface area contributed by atoms with Gasteiger partial charge in [-0.2, -0.15) is 0 Å². The normalized spacial score (nSPS) is 12.7. The van der Waals surface area contributed by atoms with Gasteiger partial charge >= 0.3 is 0 Å². The summed E-state index contributed by atoms with van der Waals surface area (Å²) in [7, 11) is 0. The van der Waals surface area contributed by atoms with E-state index >= 15 is 0 Å². The van der Waals surface area contributed by atoms with Crippen molar-refractivity contribution in [2.24, 2.45) is 0 Å². The Morgan fingerprint density at radius 1 is 1.14 bits per heavy atom. The first-order valence-corrected chi connectivity index (χ1v) is 9.17. The number of carbonyl (C=O) groups excluding carboxylic acids is 2. The van der Waals surface area contributed by atoms with Gasteiger partial charge in [-0.3, -0.25) is 14.6 Å². The smallest absolute Gasteiger partial charge is 0.265 e. The first-order valence-electron chi connectivity index (χ1n) is 9.17. The molecule has 0 fully saturated rings. The van der Waals surface area contributed by atoms with Gasteiger partial charge in [-0.25, -0.2) is 0 Å². The number of fused-ring (bicyclic) bond motifs is 1. The van der Waals surface area contributed by atoms with Gasteiger partial charge in [0.05, 0.1) is 17.8 Å². The van der Waals surface area contributed by atoms with Crippen molar-refractivity contribution < 1.29 is 19.1 Å². The van der Waals surface area contributed by atoms with Gasteiger partial charge in [0.15, 0.2) is 6.61 Å². The van der Waals surface area contributed by atoms with Gasteiger partial charge in [-0.1, -0.05) is 18.2 Å². The molecule has 7 nitrogen and oxygen atoms in total. The molecule has 29 heavy (non-hydrogen) atoms. The van der Waals surface area contributed by atoms with E-state index < -0.39 is 0 Å². The van der Waals surface area contributed by atoms with Gasteiger partial charge < -0.3 is 19.7 Å². The van der Waals surface area contributed by atoms with Crippen molar-refractivity contribution in [1.29, 1.82) is 0 Å². The van der Waals surface area contributed by atoms with Crippen LogP contribution in [0.25, 0.3) is 0 Å². The highest BCUT2D eigenvalue weighted by Crippen LogP contribution is 2.34. The van der Waals surface area contributed by atoms with E-state index in [1.165, 1.54) is 6.20 Å². The summed E-state index contributed by atoms with van der Waals surface area (Å²) >= 11 is 0. The van der Waals surface area contributed by atoms with Crippen LogP contribution in [-0.4, -0.2) is 36.6 Å². The third kappa shape index (κ3) is 4.35. The Labute approximate surface area is 167 Å². The molecule has 0 spiro atoms. The number of aromatic nitrogens is 1. The summed E-state index contributed by atoms with van der Waals surface area (Å²) in [6.07, 6.45) is 3.10. The Bertz CT molecular complexity index is 1010. The van der Waals surface area contributed by atoms with Crippen LogP contribution in [0.2, 0.25) is 0 Å². The summed E-state index contributed by atoms with van der Waals surface area (Å²) in [4.78, 5) is 30.3. The number of carbonyl (C=O) groups is 2. The molecule has 2 heterocycles. The van der Waals surface area contributed by atoms with Gasteiger partial charge in [0.25, 0.3) is 11.8 Å². The molecule has 0 bridgehead atoms. The van der Waals surface area contributed by atoms with Crippen LogP contribution in [0.4, 0.5) is 11.4 Å². The number of amides is 2. The van der Waals surface area contributed by atoms with E-state index in [2.05, 4.69) is 10.3 Å². The lowest BCUT2D eigenvalue weighted by Crippen LogP contribution is -2.41. The zero-order chi connectivity index (χ0) is 20.1. The van der Waals surface area contributed by atoms with Crippen molar-refractivity contribution >= 4 is 23.2 Å². The minimum atomic E-state index is -0.278. The van der Waals surface area contributed by atoms with Gasteiger partial charge in [0.2, 0.25) is 0 Å². The summed E-state index contributed by atoms with van der Waals surface area (Å²) in [5.74, 6) is 0.888. The van der Waals surface area contributed by atoms with Crippen molar-refractivity contribution in [1.82, 2.24) is 4.98 Å². The Hall–Kier alpha value is -3.87. The molecule has 0 radical (unpaired) electrons. The monoisotopic (exact) mass is 389 g/mol. The molecule has 0 unspecified atom stereocenters. The average molecular weight is 389 g/mol. The molecule has 4 rings (SSSR count). The topological polar surface area (TPSA) is 80.8 Å². The summed E-state index contributed by atoms with van der Waals surface area (Å²) in [6.45, 7) is 0.672. The fraction of sp³-hybridized carbons (Fsp3) is 0.136. The Kier molecular flexibility index (Phi) is 5.38. The van der Waals surface area contributed by atoms with Crippen LogP contribution < -0.4 is 19.7 Å². The lowest BCUT2D eigenvalue weighted by atomic mass is 10.2. The zero-order valence-electron chi connectivity index (χ0n) is 15.6. The van der Waals surface area contributed by atoms with Crippen LogP contribution in [-0.2, 0) is 4.79 Å². The highest BCUT2D eigenvalue weighted by Gasteiger charge is 2.26. The summed E-state index contributed by atoms with van der Waals surface area (Å²) < 4.78 is 11.2. The highest BCUT2D eigenvalue weighted by molar-refractivity contribution is 6.05. The maximum absolute atomic E-state index is 12.4. The van der Waals surface area contributed by atoms with Gasteiger partial charge in [0, 0.05) is 18.1 Å². The van der Waals surface area contributed by atoms with Crippen LogP contribution in [0, 0.1) is 0 Å². The number of pyridine rings is 1. The van der Waals surface area contributed by atoms with Crippen LogP contribution in [0.15, 0.2) is 73.1 Å². The molecule has 3 aromatic rings. The summed E-state index contributed by atoms with van der Waals surface area (Å²) in [5, 5.41) is 2.82. The fourth-order valence-electron chi connectivity index (χ4n) is 3.00. The largest absolute Gasteiger partial charge is 0.492 e. The molecule has 0 aliphatic carbocycles. The van der Waals surface area contributed by atoms with E-state index in [9.17, 15) is 9.59 Å². The minimum absolute atomic E-state index is 0.0280. The van der Waals surface area contributed by atoms with Crippen LogP contribution in [0.3, 0.4) is 0 Å². The van der Waals surface area contributed by atoms with E-state index in [0.717, 1.165) is 5.75 Å². The highest BCUT2D eigenvalue weighted by atomic mass is 16.5. The Balaban J connectivity index is 1.48. The van der Waals surface area contributed by atoms with E-state index in [4.69, 9.17) is 9.47 Å². The van der Waals surface area contributed by atoms with Gasteiger partial charge in [-0.15, -0.1) is 0 Å². The predicted octanol–water partition coefficient (Wildman–Crippen LogP) is 3.14. The Morgan fingerprint density at radius 2 is 2.00 bits per heavy atom. The second-order valence-electron chi connectivity index (χ2n) is 6.37. The third-order valence-corrected chi connectivity index (χ3v) is 4.41. The number of anilines is 2. The molecule has 0 saturated carbocycles. The minimum Gasteiger partial charge on any atom is -0.492 e. The first kappa shape index (κ1) is 18.5. The lowest BCUT2D eigenvalue weighted by Gasteiger charge is -2.29. The second kappa shape index (κ2) is 8.43. The predicted molar refractivity (Wildman–Crippen MR) is 108 cm³/mol. The van der Waals surface area contributed by atoms with Crippen molar-refractivity contribution in [3.8, 4) is 11.5 Å². The third-order valence-electron chi connectivity index (χ3n) is 4.41. The lowest BCUT2D eigenvalue weighted by molar-refractivity contribution is -0.121. The summed E-state index contributed by atoms with van der Waals surface area (Å²) in [6, 6.07) is 18.0. The number of rotatable bonds is 6. The van der Waals surface area contributed by atoms with Crippen molar-refractivity contribution in [2.45, 2.75) is 0 Å². The van der Waals surface area contributed by atoms with E-state index in [1.54, 1.807) is 41.4 Å². The molecular weight excluding hydrogens is 370 g/mol. The average Bonchev–Trinajstić information content (AvgIpc) is 2.76. The van der Waals surface area contributed by atoms with E-state index in [-0.39, 0.29) is 18.4 Å².